The Morgan fingerprint density at radius 1 is 1.50 bits per heavy atom. The van der Waals surface area contributed by atoms with Gasteiger partial charge in [0.2, 0.25) is 0 Å². The smallest absolute Gasteiger partial charge is 0.168 e. The van der Waals surface area contributed by atoms with E-state index in [1.807, 2.05) is 0 Å². The molecule has 1 rings (SSSR count). The highest BCUT2D eigenvalue weighted by Crippen LogP contribution is 2.45. The van der Waals surface area contributed by atoms with Crippen LogP contribution in [0.25, 0.3) is 0 Å². The molecule has 0 aromatic rings. The van der Waals surface area contributed by atoms with Crippen LogP contribution < -0.4 is 0 Å². The van der Waals surface area contributed by atoms with E-state index in [-0.39, 0.29) is 11.7 Å². The number of hydrogen-bond acceptors (Lipinski definition) is 3. The van der Waals surface area contributed by atoms with E-state index >= 15 is 0 Å². The minimum absolute atomic E-state index is 0.0653. The second-order valence-electron chi connectivity index (χ2n) is 3.83. The molecule has 84 valence electrons. The molecule has 0 bridgehead atoms. The Balaban J connectivity index is 2.95. The highest BCUT2D eigenvalue weighted by atomic mass is 79.9. The summed E-state index contributed by atoms with van der Waals surface area (Å²) in [4.78, 5) is 0. The lowest BCUT2D eigenvalue weighted by Gasteiger charge is -2.30. The first kappa shape index (κ1) is 12.5. The molecule has 1 aliphatic rings. The van der Waals surface area contributed by atoms with Crippen LogP contribution in [0.15, 0.2) is 0 Å². The minimum atomic E-state index is -3.25. The standard InChI is InChI=1S/C9H17BrO3S/c1-3-9(10,14(12,13)4-2)8(11)7-5-6-7/h7-8,11H,3-6H2,1-2H3/t8-,9+/m1/s1. The lowest BCUT2D eigenvalue weighted by atomic mass is 10.1. The zero-order valence-corrected chi connectivity index (χ0v) is 10.9. The van der Waals surface area contributed by atoms with Gasteiger partial charge in [-0.25, -0.2) is 8.42 Å². The van der Waals surface area contributed by atoms with Crippen molar-refractivity contribution in [2.75, 3.05) is 5.75 Å². The fourth-order valence-electron chi connectivity index (χ4n) is 1.62. The summed E-state index contributed by atoms with van der Waals surface area (Å²) in [5, 5.41) is 9.95. The summed E-state index contributed by atoms with van der Waals surface area (Å²) in [5.74, 6) is 0.228. The molecule has 0 spiro atoms. The normalized spacial score (nSPS) is 24.3. The number of hydrogen-bond donors (Lipinski definition) is 1. The Labute approximate surface area is 93.9 Å². The van der Waals surface area contributed by atoms with Crippen LogP contribution in [0.5, 0.6) is 0 Å². The van der Waals surface area contributed by atoms with Crippen LogP contribution >= 0.6 is 15.9 Å². The van der Waals surface area contributed by atoms with Crippen molar-refractivity contribution in [2.45, 2.75) is 42.9 Å². The third-order valence-electron chi connectivity index (χ3n) is 2.89. The van der Waals surface area contributed by atoms with Crippen molar-refractivity contribution in [1.29, 1.82) is 0 Å². The summed E-state index contributed by atoms with van der Waals surface area (Å²) < 4.78 is 22.5. The van der Waals surface area contributed by atoms with Crippen molar-refractivity contribution in [3.63, 3.8) is 0 Å². The Bertz CT molecular complexity index is 297. The van der Waals surface area contributed by atoms with Gasteiger partial charge in [0.05, 0.1) is 6.10 Å². The molecular weight excluding hydrogens is 268 g/mol. The van der Waals surface area contributed by atoms with E-state index in [1.54, 1.807) is 13.8 Å². The zero-order chi connectivity index (χ0) is 11.0. The first-order chi connectivity index (χ1) is 6.39. The first-order valence-corrected chi connectivity index (χ1v) is 7.42. The maximum atomic E-state index is 11.8. The van der Waals surface area contributed by atoms with Crippen molar-refractivity contribution < 1.29 is 13.5 Å². The van der Waals surface area contributed by atoms with Gasteiger partial charge in [-0.15, -0.1) is 0 Å². The van der Waals surface area contributed by atoms with Gasteiger partial charge in [0.15, 0.2) is 13.5 Å². The van der Waals surface area contributed by atoms with Crippen LogP contribution in [0, 0.1) is 5.92 Å². The molecule has 0 heterocycles. The summed E-state index contributed by atoms with van der Waals surface area (Å²) in [6, 6.07) is 0. The predicted octanol–water partition coefficient (Wildman–Crippen LogP) is 1.69. The lowest BCUT2D eigenvalue weighted by molar-refractivity contribution is 0.135. The Morgan fingerprint density at radius 3 is 2.29 bits per heavy atom. The zero-order valence-electron chi connectivity index (χ0n) is 8.53. The van der Waals surface area contributed by atoms with Crippen LogP contribution in [0.3, 0.4) is 0 Å². The molecule has 0 aliphatic heterocycles. The predicted molar refractivity (Wildman–Crippen MR) is 60.1 cm³/mol. The fraction of sp³-hybridized carbons (Fsp3) is 1.00. The number of aliphatic hydroxyl groups excluding tert-OH is 1. The van der Waals surface area contributed by atoms with E-state index in [0.717, 1.165) is 12.8 Å². The van der Waals surface area contributed by atoms with Gasteiger partial charge in [-0.3, -0.25) is 0 Å². The minimum Gasteiger partial charge on any atom is -0.390 e. The van der Waals surface area contributed by atoms with E-state index in [0.29, 0.717) is 6.42 Å². The molecular formula is C9H17BrO3S. The average Bonchev–Trinajstić information content (AvgIpc) is 2.98. The maximum Gasteiger partial charge on any atom is 0.168 e. The van der Waals surface area contributed by atoms with Crippen molar-refractivity contribution >= 4 is 25.8 Å². The van der Waals surface area contributed by atoms with Gasteiger partial charge in [0.25, 0.3) is 0 Å². The van der Waals surface area contributed by atoms with E-state index < -0.39 is 19.6 Å². The van der Waals surface area contributed by atoms with Gasteiger partial charge in [-0.2, -0.15) is 0 Å². The second-order valence-corrected chi connectivity index (χ2v) is 8.30. The molecule has 0 amide bonds. The summed E-state index contributed by atoms with van der Waals surface area (Å²) in [5.41, 5.74) is 0. The number of halogens is 1. The SMILES string of the molecule is CC[C@@](Br)([C@H](O)C1CC1)S(=O)(=O)CC. The number of rotatable bonds is 5. The van der Waals surface area contributed by atoms with Crippen LogP contribution in [-0.4, -0.2) is 29.0 Å². The van der Waals surface area contributed by atoms with Gasteiger partial charge in [-0.05, 0) is 25.2 Å². The summed E-state index contributed by atoms with van der Waals surface area (Å²) >= 11 is 3.23. The van der Waals surface area contributed by atoms with Crippen molar-refractivity contribution in [3.8, 4) is 0 Å². The molecule has 0 saturated heterocycles. The Hall–Kier alpha value is 0.390. The molecule has 2 atom stereocenters. The molecule has 1 saturated carbocycles. The van der Waals surface area contributed by atoms with Crippen LogP contribution in [0.4, 0.5) is 0 Å². The summed E-state index contributed by atoms with van der Waals surface area (Å²) in [6.45, 7) is 3.40. The molecule has 1 fully saturated rings. The van der Waals surface area contributed by atoms with Crippen LogP contribution in [0.1, 0.15) is 33.1 Å². The molecule has 14 heavy (non-hydrogen) atoms. The largest absolute Gasteiger partial charge is 0.390 e. The Kier molecular flexibility index (Phi) is 3.65. The Morgan fingerprint density at radius 2 is 2.00 bits per heavy atom. The van der Waals surface area contributed by atoms with E-state index in [2.05, 4.69) is 15.9 Å². The van der Waals surface area contributed by atoms with E-state index in [4.69, 9.17) is 0 Å². The summed E-state index contributed by atoms with van der Waals surface area (Å²) in [6.07, 6.45) is 1.51. The van der Waals surface area contributed by atoms with E-state index in [9.17, 15) is 13.5 Å². The van der Waals surface area contributed by atoms with Gasteiger partial charge in [-0.1, -0.05) is 29.8 Å². The number of sulfone groups is 1. The van der Waals surface area contributed by atoms with Crippen molar-refractivity contribution in [1.82, 2.24) is 0 Å². The molecule has 1 aliphatic carbocycles. The summed E-state index contributed by atoms with van der Waals surface area (Å²) in [7, 11) is -3.25. The van der Waals surface area contributed by atoms with Gasteiger partial charge in [0, 0.05) is 5.75 Å². The molecule has 5 heteroatoms. The molecule has 3 nitrogen and oxygen atoms in total. The number of aliphatic hydroxyl groups is 1. The van der Waals surface area contributed by atoms with Gasteiger partial charge >= 0.3 is 0 Å². The quantitative estimate of drug-likeness (QED) is 0.782. The fourth-order valence-corrected chi connectivity index (χ4v) is 4.16. The molecule has 0 aromatic carbocycles. The molecule has 1 N–H and O–H groups in total. The van der Waals surface area contributed by atoms with Crippen LogP contribution in [0.2, 0.25) is 0 Å². The topological polar surface area (TPSA) is 54.4 Å². The monoisotopic (exact) mass is 284 g/mol. The van der Waals surface area contributed by atoms with Crippen molar-refractivity contribution in [3.05, 3.63) is 0 Å². The highest BCUT2D eigenvalue weighted by Gasteiger charge is 2.50. The van der Waals surface area contributed by atoms with Crippen molar-refractivity contribution in [2.24, 2.45) is 5.92 Å². The highest BCUT2D eigenvalue weighted by molar-refractivity contribution is 9.11. The number of alkyl halides is 1. The third kappa shape index (κ3) is 1.99. The molecule has 0 aromatic heterocycles. The van der Waals surface area contributed by atoms with E-state index in [1.165, 1.54) is 0 Å². The first-order valence-electron chi connectivity index (χ1n) is 4.98. The van der Waals surface area contributed by atoms with Gasteiger partial charge < -0.3 is 5.11 Å². The second kappa shape index (κ2) is 4.10. The molecule has 0 unspecified atom stereocenters. The average molecular weight is 285 g/mol. The molecule has 0 radical (unpaired) electrons. The lowest BCUT2D eigenvalue weighted by Crippen LogP contribution is -2.45. The third-order valence-corrected chi connectivity index (χ3v) is 7.72. The van der Waals surface area contributed by atoms with Gasteiger partial charge in [0.1, 0.15) is 0 Å². The van der Waals surface area contributed by atoms with Crippen LogP contribution in [-0.2, 0) is 9.84 Å². The maximum absolute atomic E-state index is 11.8.